The van der Waals surface area contributed by atoms with Crippen LogP contribution in [0.15, 0.2) is 11.0 Å². The minimum atomic E-state index is -4.37. The first kappa shape index (κ1) is 21.1. The summed E-state index contributed by atoms with van der Waals surface area (Å²) in [6.45, 7) is 1.84. The highest BCUT2D eigenvalue weighted by Crippen LogP contribution is 2.28. The normalized spacial score (nSPS) is 12.4. The molecule has 0 spiro atoms. The molecule has 0 bridgehead atoms. The van der Waals surface area contributed by atoms with Gasteiger partial charge in [-0.3, -0.25) is 4.79 Å². The van der Waals surface area contributed by atoms with Gasteiger partial charge < -0.3 is 14.6 Å². The van der Waals surface area contributed by atoms with Crippen LogP contribution in [0.3, 0.4) is 0 Å². The second kappa shape index (κ2) is 8.92. The van der Waals surface area contributed by atoms with E-state index >= 15 is 0 Å². The SMILES string of the molecule is CCCCC(NS(=O)(=O)c1cc(C(=O)OC)sc1C(=O)OC)C(=O)O. The lowest BCUT2D eigenvalue weighted by Crippen LogP contribution is -2.40. The molecule has 0 aliphatic heterocycles. The van der Waals surface area contributed by atoms with Crippen LogP contribution in [0.5, 0.6) is 0 Å². The Labute approximate surface area is 149 Å². The highest BCUT2D eigenvalue weighted by Gasteiger charge is 2.32. The first-order valence-corrected chi connectivity index (χ1v) is 9.53. The zero-order chi connectivity index (χ0) is 19.2. The van der Waals surface area contributed by atoms with Gasteiger partial charge in [-0.2, -0.15) is 4.72 Å². The predicted molar refractivity (Wildman–Crippen MR) is 88.3 cm³/mol. The molecule has 140 valence electrons. The van der Waals surface area contributed by atoms with Crippen molar-refractivity contribution in [3.8, 4) is 0 Å². The number of hydrogen-bond acceptors (Lipinski definition) is 8. The van der Waals surface area contributed by atoms with E-state index in [4.69, 9.17) is 0 Å². The van der Waals surface area contributed by atoms with Crippen LogP contribution in [0.1, 0.15) is 45.5 Å². The largest absolute Gasteiger partial charge is 0.480 e. The highest BCUT2D eigenvalue weighted by atomic mass is 32.2. The Morgan fingerprint density at radius 1 is 1.24 bits per heavy atom. The van der Waals surface area contributed by atoms with Gasteiger partial charge in [0.2, 0.25) is 10.0 Å². The number of ether oxygens (including phenoxy) is 2. The fourth-order valence-corrected chi connectivity index (χ4v) is 4.64. The van der Waals surface area contributed by atoms with Crippen molar-refractivity contribution < 1.29 is 37.4 Å². The van der Waals surface area contributed by atoms with E-state index in [2.05, 4.69) is 14.2 Å². The second-order valence-corrected chi connectivity index (χ2v) is 7.68. The fraction of sp³-hybridized carbons (Fsp3) is 0.500. The van der Waals surface area contributed by atoms with Crippen LogP contribution in [0.25, 0.3) is 0 Å². The molecule has 0 saturated carbocycles. The molecule has 25 heavy (non-hydrogen) atoms. The summed E-state index contributed by atoms with van der Waals surface area (Å²) in [6.07, 6.45) is 1.27. The van der Waals surface area contributed by atoms with Crippen LogP contribution in [-0.4, -0.2) is 51.7 Å². The molecule has 0 aliphatic rings. The second-order valence-electron chi connectivity index (χ2n) is 4.94. The van der Waals surface area contributed by atoms with Gasteiger partial charge in [0.1, 0.15) is 20.7 Å². The monoisotopic (exact) mass is 393 g/mol. The quantitative estimate of drug-likeness (QED) is 0.598. The molecule has 1 atom stereocenters. The smallest absolute Gasteiger partial charge is 0.349 e. The number of thiophene rings is 1. The zero-order valence-corrected chi connectivity index (χ0v) is 15.5. The van der Waals surface area contributed by atoms with Crippen molar-refractivity contribution >= 4 is 39.3 Å². The van der Waals surface area contributed by atoms with E-state index in [1.807, 2.05) is 6.92 Å². The average Bonchev–Trinajstić information content (AvgIpc) is 3.03. The fourth-order valence-electron chi connectivity index (χ4n) is 1.90. The third-order valence-electron chi connectivity index (χ3n) is 3.19. The Morgan fingerprint density at radius 3 is 2.32 bits per heavy atom. The number of carbonyl (C=O) groups is 3. The van der Waals surface area contributed by atoms with Gasteiger partial charge in [-0.1, -0.05) is 19.8 Å². The van der Waals surface area contributed by atoms with E-state index in [1.54, 1.807) is 0 Å². The number of nitrogens with one attached hydrogen (secondary N) is 1. The van der Waals surface area contributed by atoms with Gasteiger partial charge in [0.25, 0.3) is 0 Å². The molecule has 0 fully saturated rings. The van der Waals surface area contributed by atoms with E-state index in [-0.39, 0.29) is 16.2 Å². The van der Waals surface area contributed by atoms with Crippen LogP contribution in [0, 0.1) is 0 Å². The summed E-state index contributed by atoms with van der Waals surface area (Å²) < 4.78 is 36.2. The average molecular weight is 393 g/mol. The number of aliphatic carboxylic acids is 1. The van der Waals surface area contributed by atoms with Crippen molar-refractivity contribution in [2.75, 3.05) is 14.2 Å². The van der Waals surface area contributed by atoms with Crippen molar-refractivity contribution in [3.05, 3.63) is 15.8 Å². The summed E-state index contributed by atoms with van der Waals surface area (Å²) >= 11 is 0.589. The van der Waals surface area contributed by atoms with E-state index in [9.17, 15) is 27.9 Å². The Hall–Kier alpha value is -1.98. The third-order valence-corrected chi connectivity index (χ3v) is 5.91. The maximum Gasteiger partial charge on any atom is 0.349 e. The molecular weight excluding hydrogens is 374 g/mol. The lowest BCUT2D eigenvalue weighted by molar-refractivity contribution is -0.139. The Bertz CT molecular complexity index is 753. The Balaban J connectivity index is 3.30. The summed E-state index contributed by atoms with van der Waals surface area (Å²) in [4.78, 5) is 33.7. The molecule has 1 aromatic rings. The Kier molecular flexibility index (Phi) is 7.52. The number of carbonyl (C=O) groups excluding carboxylic acids is 2. The number of unbranched alkanes of at least 4 members (excludes halogenated alkanes) is 1. The number of sulfonamides is 1. The predicted octanol–water partition coefficient (Wildman–Crippen LogP) is 1.24. The minimum Gasteiger partial charge on any atom is -0.480 e. The molecule has 1 heterocycles. The zero-order valence-electron chi connectivity index (χ0n) is 13.9. The maximum atomic E-state index is 12.5. The third kappa shape index (κ3) is 5.25. The van der Waals surface area contributed by atoms with Crippen molar-refractivity contribution in [2.45, 2.75) is 37.1 Å². The molecular formula is C14H19NO8S2. The van der Waals surface area contributed by atoms with Gasteiger partial charge in [0.15, 0.2) is 0 Å². The number of esters is 2. The Morgan fingerprint density at radius 2 is 1.84 bits per heavy atom. The molecule has 0 saturated heterocycles. The molecule has 0 amide bonds. The van der Waals surface area contributed by atoms with E-state index in [1.165, 1.54) is 0 Å². The lowest BCUT2D eigenvalue weighted by atomic mass is 10.1. The van der Waals surface area contributed by atoms with Crippen LogP contribution < -0.4 is 4.72 Å². The number of methoxy groups -OCH3 is 2. The summed E-state index contributed by atoms with van der Waals surface area (Å²) in [5, 5.41) is 9.18. The summed E-state index contributed by atoms with van der Waals surface area (Å²) in [7, 11) is -2.20. The molecule has 9 nitrogen and oxygen atoms in total. The first-order valence-electron chi connectivity index (χ1n) is 7.23. The van der Waals surface area contributed by atoms with Crippen LogP contribution >= 0.6 is 11.3 Å². The molecule has 1 unspecified atom stereocenters. The minimum absolute atomic E-state index is 0.0899. The van der Waals surface area contributed by atoms with Gasteiger partial charge >= 0.3 is 17.9 Å². The molecule has 0 radical (unpaired) electrons. The number of carboxylic acid groups (broad SMARTS) is 1. The molecule has 11 heteroatoms. The molecule has 0 aliphatic carbocycles. The molecule has 0 aromatic carbocycles. The van der Waals surface area contributed by atoms with Gasteiger partial charge in [-0.15, -0.1) is 11.3 Å². The van der Waals surface area contributed by atoms with Gasteiger partial charge in [-0.05, 0) is 12.5 Å². The molecule has 1 aromatic heterocycles. The van der Waals surface area contributed by atoms with Crippen molar-refractivity contribution in [1.29, 1.82) is 0 Å². The van der Waals surface area contributed by atoms with Crippen LogP contribution in [0.4, 0.5) is 0 Å². The van der Waals surface area contributed by atoms with Crippen molar-refractivity contribution in [1.82, 2.24) is 4.72 Å². The summed E-state index contributed by atoms with van der Waals surface area (Å²) in [5.41, 5.74) is 0. The van der Waals surface area contributed by atoms with Gasteiger partial charge in [-0.25, -0.2) is 18.0 Å². The van der Waals surface area contributed by atoms with Crippen molar-refractivity contribution in [2.24, 2.45) is 0 Å². The topological polar surface area (TPSA) is 136 Å². The van der Waals surface area contributed by atoms with E-state index in [0.717, 1.165) is 20.3 Å². The first-order chi connectivity index (χ1) is 11.7. The van der Waals surface area contributed by atoms with Gasteiger partial charge in [0, 0.05) is 0 Å². The van der Waals surface area contributed by atoms with Crippen LogP contribution in [0.2, 0.25) is 0 Å². The molecule has 1 rings (SSSR count). The van der Waals surface area contributed by atoms with E-state index < -0.39 is 38.9 Å². The number of carboxylic acids is 1. The van der Waals surface area contributed by atoms with Gasteiger partial charge in [0.05, 0.1) is 14.2 Å². The lowest BCUT2D eigenvalue weighted by Gasteiger charge is -2.14. The van der Waals surface area contributed by atoms with Crippen LogP contribution in [-0.2, 0) is 24.3 Å². The summed E-state index contributed by atoms with van der Waals surface area (Å²) in [6, 6.07) is -0.388. The standard InChI is InChI=1S/C14H19NO8S2/c1-4-5-6-8(12(16)17)15-25(20,21)10-7-9(13(18)22-2)24-11(10)14(19)23-3/h7-8,15H,4-6H2,1-3H3,(H,16,17). The molecule has 2 N–H and O–H groups in total. The summed E-state index contributed by atoms with van der Waals surface area (Å²) in [5.74, 6) is -3.11. The van der Waals surface area contributed by atoms with E-state index in [0.29, 0.717) is 24.2 Å². The number of hydrogen-bond donors (Lipinski definition) is 2. The maximum absolute atomic E-state index is 12.5. The number of rotatable bonds is 9. The highest BCUT2D eigenvalue weighted by molar-refractivity contribution is 7.89. The van der Waals surface area contributed by atoms with Crippen molar-refractivity contribution in [3.63, 3.8) is 0 Å².